The maximum absolute atomic E-state index is 12.8. The molecule has 0 spiro atoms. The van der Waals surface area contributed by atoms with Crippen LogP contribution in [-0.2, 0) is 16.1 Å². The number of para-hydroxylation sites is 2. The normalized spacial score (nSPS) is 19.8. The van der Waals surface area contributed by atoms with Crippen LogP contribution >= 0.6 is 0 Å². The van der Waals surface area contributed by atoms with Gasteiger partial charge in [0.2, 0.25) is 5.91 Å². The minimum atomic E-state index is -0.947. The van der Waals surface area contributed by atoms with Gasteiger partial charge in [-0.25, -0.2) is 4.79 Å². The Bertz CT molecular complexity index is 1140. The van der Waals surface area contributed by atoms with Gasteiger partial charge in [0.1, 0.15) is 6.04 Å². The van der Waals surface area contributed by atoms with Crippen LogP contribution in [0.4, 0.5) is 4.79 Å². The molecule has 2 aromatic carbocycles. The van der Waals surface area contributed by atoms with Crippen LogP contribution in [0.15, 0.2) is 48.5 Å². The topological polar surface area (TPSA) is 94.9 Å². The Balaban J connectivity index is 1.30. The molecule has 32 heavy (non-hydrogen) atoms. The van der Waals surface area contributed by atoms with Gasteiger partial charge in [0.05, 0.1) is 25.6 Å². The van der Waals surface area contributed by atoms with Gasteiger partial charge in [-0.2, -0.15) is 0 Å². The number of imide groups is 1. The third kappa shape index (κ3) is 3.60. The minimum absolute atomic E-state index is 0.0377. The molecule has 0 saturated carbocycles. The predicted octanol–water partition coefficient (Wildman–Crippen LogP) is 2.09. The Morgan fingerprint density at radius 2 is 1.56 bits per heavy atom. The van der Waals surface area contributed by atoms with Crippen LogP contribution in [-0.4, -0.2) is 69.1 Å². The number of fused-ring (bicyclic) bond motifs is 3. The molecular weight excluding hydrogens is 408 g/mol. The van der Waals surface area contributed by atoms with E-state index in [0.29, 0.717) is 13.1 Å². The number of nitrogens with one attached hydrogen (secondary N) is 1. The number of carbonyl (C=O) groups is 3. The van der Waals surface area contributed by atoms with Gasteiger partial charge in [0.25, 0.3) is 5.91 Å². The summed E-state index contributed by atoms with van der Waals surface area (Å²) in [7, 11) is 0. The predicted molar refractivity (Wildman–Crippen MR) is 120 cm³/mol. The van der Waals surface area contributed by atoms with Crippen molar-refractivity contribution in [2.45, 2.75) is 38.0 Å². The minimum Gasteiger partial charge on any atom is -0.389 e. The number of hydrogen-bond donors (Lipinski definition) is 2. The van der Waals surface area contributed by atoms with Crippen molar-refractivity contribution in [3.8, 4) is 0 Å². The van der Waals surface area contributed by atoms with Crippen LogP contribution in [0.25, 0.3) is 21.8 Å². The summed E-state index contributed by atoms with van der Waals surface area (Å²) in [5.41, 5.74) is 1.97. The molecule has 8 heteroatoms. The molecule has 3 heterocycles. The molecule has 0 bridgehead atoms. The first kappa shape index (κ1) is 20.5. The maximum Gasteiger partial charge on any atom is 0.324 e. The maximum atomic E-state index is 12.8. The first-order valence-corrected chi connectivity index (χ1v) is 11.1. The van der Waals surface area contributed by atoms with E-state index in [1.54, 1.807) is 4.90 Å². The average Bonchev–Trinajstić information content (AvgIpc) is 3.50. The molecule has 3 aromatic rings. The van der Waals surface area contributed by atoms with Gasteiger partial charge in [-0.1, -0.05) is 36.4 Å². The fourth-order valence-corrected chi connectivity index (χ4v) is 4.84. The van der Waals surface area contributed by atoms with Crippen LogP contribution in [0.3, 0.4) is 0 Å². The molecule has 2 atom stereocenters. The molecule has 166 valence electrons. The number of rotatable bonds is 6. The van der Waals surface area contributed by atoms with Crippen molar-refractivity contribution >= 4 is 39.7 Å². The van der Waals surface area contributed by atoms with Crippen molar-refractivity contribution in [2.75, 3.05) is 19.6 Å². The zero-order valence-electron chi connectivity index (χ0n) is 17.7. The lowest BCUT2D eigenvalue weighted by molar-refractivity contribution is -0.135. The molecule has 2 aliphatic heterocycles. The summed E-state index contributed by atoms with van der Waals surface area (Å²) in [6.45, 7) is 1.52. The second-order valence-corrected chi connectivity index (χ2v) is 8.54. The summed E-state index contributed by atoms with van der Waals surface area (Å²) in [6.07, 6.45) is 0.955. The monoisotopic (exact) mass is 434 g/mol. The van der Waals surface area contributed by atoms with E-state index in [1.807, 2.05) is 53.1 Å². The SMILES string of the molecule is O=C(CC1NC(=O)N(CC(O)Cn2c3ccccc3c3ccccc32)C1=O)N1CCCC1. The standard InChI is InChI=1S/C24H26N4O4/c29-16(14-27-20-9-3-1-7-17(20)18-8-2-4-10-21(18)27)15-28-23(31)19(25-24(28)32)13-22(30)26-11-5-6-12-26/h1-4,7-10,16,19,29H,5-6,11-15H2,(H,25,32). The number of amides is 4. The van der Waals surface area contributed by atoms with Crippen LogP contribution in [0.5, 0.6) is 0 Å². The van der Waals surface area contributed by atoms with Crippen molar-refractivity contribution < 1.29 is 19.5 Å². The number of hydrogen-bond acceptors (Lipinski definition) is 4. The molecule has 0 aliphatic carbocycles. The third-order valence-corrected chi connectivity index (χ3v) is 6.41. The molecule has 8 nitrogen and oxygen atoms in total. The molecule has 2 fully saturated rings. The highest BCUT2D eigenvalue weighted by molar-refractivity contribution is 6.08. The van der Waals surface area contributed by atoms with E-state index in [0.717, 1.165) is 39.5 Å². The largest absolute Gasteiger partial charge is 0.389 e. The molecule has 2 unspecified atom stereocenters. The molecule has 2 N–H and O–H groups in total. The number of aromatic nitrogens is 1. The van der Waals surface area contributed by atoms with Crippen molar-refractivity contribution in [3.63, 3.8) is 0 Å². The Kier molecular flexibility index (Phi) is 5.30. The number of aliphatic hydroxyl groups is 1. The fraction of sp³-hybridized carbons (Fsp3) is 0.375. The lowest BCUT2D eigenvalue weighted by Gasteiger charge is -2.20. The van der Waals surface area contributed by atoms with E-state index in [4.69, 9.17) is 0 Å². The molecule has 1 aromatic heterocycles. The van der Waals surface area contributed by atoms with Crippen molar-refractivity contribution in [1.29, 1.82) is 0 Å². The van der Waals surface area contributed by atoms with E-state index in [9.17, 15) is 19.5 Å². The second kappa shape index (κ2) is 8.27. The summed E-state index contributed by atoms with van der Waals surface area (Å²) >= 11 is 0. The van der Waals surface area contributed by atoms with Crippen LogP contribution in [0, 0.1) is 0 Å². The van der Waals surface area contributed by atoms with E-state index in [-0.39, 0.29) is 25.4 Å². The Morgan fingerprint density at radius 1 is 0.969 bits per heavy atom. The van der Waals surface area contributed by atoms with E-state index in [2.05, 4.69) is 5.32 Å². The zero-order chi connectivity index (χ0) is 22.2. The first-order chi connectivity index (χ1) is 15.5. The number of aliphatic hydroxyl groups excluding tert-OH is 1. The second-order valence-electron chi connectivity index (χ2n) is 8.54. The highest BCUT2D eigenvalue weighted by Gasteiger charge is 2.40. The van der Waals surface area contributed by atoms with Gasteiger partial charge in [-0.05, 0) is 25.0 Å². The van der Waals surface area contributed by atoms with E-state index < -0.39 is 24.1 Å². The summed E-state index contributed by atoms with van der Waals surface area (Å²) in [6, 6.07) is 14.5. The number of urea groups is 1. The van der Waals surface area contributed by atoms with E-state index >= 15 is 0 Å². The van der Waals surface area contributed by atoms with Gasteiger partial charge in [0.15, 0.2) is 0 Å². The van der Waals surface area contributed by atoms with Crippen molar-refractivity contribution in [2.24, 2.45) is 0 Å². The van der Waals surface area contributed by atoms with Gasteiger partial charge in [0, 0.05) is 34.9 Å². The highest BCUT2D eigenvalue weighted by atomic mass is 16.3. The zero-order valence-corrected chi connectivity index (χ0v) is 17.7. The third-order valence-electron chi connectivity index (χ3n) is 6.41. The lowest BCUT2D eigenvalue weighted by Crippen LogP contribution is -2.40. The van der Waals surface area contributed by atoms with Crippen LogP contribution < -0.4 is 5.32 Å². The fourth-order valence-electron chi connectivity index (χ4n) is 4.84. The molecule has 0 radical (unpaired) electrons. The van der Waals surface area contributed by atoms with Crippen molar-refractivity contribution in [3.05, 3.63) is 48.5 Å². The number of carbonyl (C=O) groups excluding carboxylic acids is 3. The number of β-amino-alcohol motifs (C(OH)–C–C–N with tert-alkyl or cyclic N) is 1. The Labute approximate surface area is 185 Å². The first-order valence-electron chi connectivity index (χ1n) is 11.1. The van der Waals surface area contributed by atoms with Gasteiger partial charge in [-0.15, -0.1) is 0 Å². The van der Waals surface area contributed by atoms with E-state index in [1.165, 1.54) is 0 Å². The number of likely N-dealkylation sites (tertiary alicyclic amines) is 1. The smallest absolute Gasteiger partial charge is 0.324 e. The number of benzene rings is 2. The van der Waals surface area contributed by atoms with Crippen molar-refractivity contribution in [1.82, 2.24) is 19.7 Å². The number of nitrogens with zero attached hydrogens (tertiary/aromatic N) is 3. The van der Waals surface area contributed by atoms with Gasteiger partial charge in [-0.3, -0.25) is 14.5 Å². The van der Waals surface area contributed by atoms with Crippen LogP contribution in [0.2, 0.25) is 0 Å². The van der Waals surface area contributed by atoms with Gasteiger partial charge >= 0.3 is 6.03 Å². The summed E-state index contributed by atoms with van der Waals surface area (Å²) in [5.74, 6) is -0.572. The molecule has 2 aliphatic rings. The molecule has 2 saturated heterocycles. The average molecular weight is 434 g/mol. The Hall–Kier alpha value is -3.39. The molecule has 5 rings (SSSR count). The summed E-state index contributed by atoms with van der Waals surface area (Å²) in [5, 5.41) is 15.6. The Morgan fingerprint density at radius 3 is 2.19 bits per heavy atom. The summed E-state index contributed by atoms with van der Waals surface area (Å²) in [4.78, 5) is 40.4. The van der Waals surface area contributed by atoms with Crippen LogP contribution in [0.1, 0.15) is 19.3 Å². The quantitative estimate of drug-likeness (QED) is 0.581. The molecule has 4 amide bonds. The summed E-state index contributed by atoms with van der Waals surface area (Å²) < 4.78 is 2.02. The molecular formula is C24H26N4O4. The lowest BCUT2D eigenvalue weighted by atomic mass is 10.2. The highest BCUT2D eigenvalue weighted by Crippen LogP contribution is 2.29. The van der Waals surface area contributed by atoms with Gasteiger partial charge < -0.3 is 19.9 Å².